The van der Waals surface area contributed by atoms with Crippen molar-refractivity contribution in [3.05, 3.63) is 54.1 Å². The SMILES string of the molecule is C=C1CO[C@@H]2[C@@H](C)/C(=N/O)[C@H](C)C[C@@](C)(OC1)[C@H](O[C@@H]1O[C@H](C)C[C@H](N(C)CCc3cn(CCc4ccncc4)nn3)[C@H]1O)[C@@H](C)[C@H](O[C@H]1C[C@@](C)(OC)[C@@H](O)[C@H](C)O1)[C@@H](C)C(=O)O[C@H](CC)[C@@]2(C)O. The number of oxime groups is 1. The molecule has 0 spiro atoms. The molecule has 2 bridgehead atoms. The van der Waals surface area contributed by atoms with E-state index in [9.17, 15) is 25.3 Å². The maximum absolute atomic E-state index is 14.7. The number of cyclic esters (lactones) is 1. The first-order chi connectivity index (χ1) is 33.0. The number of aliphatic hydroxyl groups is 3. The van der Waals surface area contributed by atoms with Crippen molar-refractivity contribution in [3.63, 3.8) is 0 Å². The molecular weight excluding hydrogens is 905 g/mol. The van der Waals surface area contributed by atoms with Gasteiger partial charge < -0.3 is 63.3 Å². The summed E-state index contributed by atoms with van der Waals surface area (Å²) < 4.78 is 54.5. The van der Waals surface area contributed by atoms with Gasteiger partial charge >= 0.3 is 5.97 Å². The minimum Gasteiger partial charge on any atom is -0.459 e. The summed E-state index contributed by atoms with van der Waals surface area (Å²) in [7, 11) is 3.48. The van der Waals surface area contributed by atoms with Crippen LogP contribution in [-0.2, 0) is 62.1 Å². The Hall–Kier alpha value is -3.47. The topological polar surface area (TPSA) is 231 Å². The molecule has 6 rings (SSSR count). The van der Waals surface area contributed by atoms with Gasteiger partial charge in [-0.2, -0.15) is 0 Å². The largest absolute Gasteiger partial charge is 0.459 e. The van der Waals surface area contributed by atoms with Gasteiger partial charge in [-0.3, -0.25) is 14.5 Å². The van der Waals surface area contributed by atoms with Gasteiger partial charge in [0, 0.05) is 75.4 Å². The van der Waals surface area contributed by atoms with Crippen LogP contribution in [0, 0.1) is 23.7 Å². The molecule has 4 N–H and O–H groups in total. The second kappa shape index (κ2) is 23.6. The second-order valence-corrected chi connectivity index (χ2v) is 21.2. The number of esters is 1. The monoisotopic (exact) mass is 987 g/mol. The van der Waals surface area contributed by atoms with Gasteiger partial charge in [-0.1, -0.05) is 44.6 Å². The Morgan fingerprint density at radius 2 is 1.71 bits per heavy atom. The fourth-order valence-corrected chi connectivity index (χ4v) is 11.3. The lowest BCUT2D eigenvalue weighted by Crippen LogP contribution is -2.62. The lowest BCUT2D eigenvalue weighted by atomic mass is 9.73. The molecule has 4 fully saturated rings. The third-order valence-electron chi connectivity index (χ3n) is 15.6. The summed E-state index contributed by atoms with van der Waals surface area (Å²) >= 11 is 0. The number of carbonyl (C=O) groups excluding carboxylic acids is 1. The van der Waals surface area contributed by atoms with Crippen molar-refractivity contribution in [3.8, 4) is 0 Å². The zero-order valence-corrected chi connectivity index (χ0v) is 43.5. The summed E-state index contributed by atoms with van der Waals surface area (Å²) in [6.45, 7) is 23.6. The minimum absolute atomic E-state index is 0.00981. The zero-order valence-electron chi connectivity index (χ0n) is 43.5. The highest BCUT2D eigenvalue weighted by atomic mass is 16.7. The van der Waals surface area contributed by atoms with Crippen molar-refractivity contribution >= 4 is 11.7 Å². The van der Waals surface area contributed by atoms with Crippen LogP contribution in [0.4, 0.5) is 0 Å². The molecule has 0 aromatic carbocycles. The van der Waals surface area contributed by atoms with Gasteiger partial charge in [0.25, 0.3) is 0 Å². The van der Waals surface area contributed by atoms with Crippen LogP contribution < -0.4 is 0 Å². The van der Waals surface area contributed by atoms with Gasteiger partial charge in [0.2, 0.25) is 0 Å². The molecule has 394 valence electrons. The number of aromatic nitrogens is 4. The first-order valence-corrected chi connectivity index (χ1v) is 25.1. The molecule has 2 aromatic rings. The number of aryl methyl sites for hydroxylation is 2. The predicted molar refractivity (Wildman–Crippen MR) is 258 cm³/mol. The van der Waals surface area contributed by atoms with E-state index >= 15 is 0 Å². The summed E-state index contributed by atoms with van der Waals surface area (Å²) in [6, 6.07) is 3.57. The number of likely N-dealkylation sites (N-methyl/N-ethyl adjacent to an activating group) is 1. The number of fused-ring (bicyclic) bond motifs is 5. The predicted octanol–water partition coefficient (Wildman–Crippen LogP) is 4.51. The van der Waals surface area contributed by atoms with E-state index in [0.29, 0.717) is 37.2 Å². The number of nitrogens with zero attached hydrogens (tertiary/aromatic N) is 6. The van der Waals surface area contributed by atoms with Crippen LogP contribution in [0.3, 0.4) is 0 Å². The van der Waals surface area contributed by atoms with Crippen LogP contribution in [0.15, 0.2) is 48.0 Å². The summed E-state index contributed by atoms with van der Waals surface area (Å²) in [5.41, 5.74) is -1.25. The number of hydrogen-bond donors (Lipinski definition) is 4. The molecule has 2 aromatic heterocycles. The van der Waals surface area contributed by atoms with Crippen molar-refractivity contribution < 1.29 is 63.2 Å². The molecule has 4 saturated heterocycles. The number of ether oxygens (including phenoxy) is 8. The molecule has 4 aliphatic rings. The van der Waals surface area contributed by atoms with Crippen molar-refractivity contribution in [1.82, 2.24) is 24.9 Å². The number of methoxy groups -OCH3 is 1. The van der Waals surface area contributed by atoms with E-state index in [1.165, 1.54) is 7.11 Å². The van der Waals surface area contributed by atoms with E-state index in [0.717, 1.165) is 17.7 Å². The number of hydrogen-bond acceptors (Lipinski definition) is 18. The third kappa shape index (κ3) is 12.6. The third-order valence-corrected chi connectivity index (χ3v) is 15.6. The molecular formula is C51H82N6O13. The maximum atomic E-state index is 14.7. The molecule has 6 heterocycles. The average Bonchev–Trinajstić information content (AvgIpc) is 3.78. The van der Waals surface area contributed by atoms with E-state index in [2.05, 4.69) is 31.9 Å². The van der Waals surface area contributed by atoms with Crippen molar-refractivity contribution in [2.24, 2.45) is 28.8 Å². The smallest absolute Gasteiger partial charge is 0.311 e. The molecule has 0 saturated carbocycles. The quantitative estimate of drug-likeness (QED) is 0.0937. The molecule has 4 aliphatic heterocycles. The minimum atomic E-state index is -1.78. The van der Waals surface area contributed by atoms with E-state index in [-0.39, 0.29) is 38.6 Å². The van der Waals surface area contributed by atoms with Gasteiger partial charge in [-0.25, -0.2) is 0 Å². The van der Waals surface area contributed by atoms with Crippen LogP contribution in [0.5, 0.6) is 0 Å². The van der Waals surface area contributed by atoms with Gasteiger partial charge in [0.1, 0.15) is 23.9 Å². The zero-order chi connectivity index (χ0) is 51.3. The van der Waals surface area contributed by atoms with Gasteiger partial charge in [0.15, 0.2) is 12.6 Å². The first kappa shape index (κ1) is 55.8. The van der Waals surface area contributed by atoms with E-state index in [4.69, 9.17) is 37.9 Å². The first-order valence-electron chi connectivity index (χ1n) is 25.1. The van der Waals surface area contributed by atoms with E-state index in [1.807, 2.05) is 71.6 Å². The Morgan fingerprint density at radius 1 is 1.00 bits per heavy atom. The lowest BCUT2D eigenvalue weighted by Gasteiger charge is -2.50. The standard InChI is InChI=1S/C51H82N6O13/c1-14-39-51(11,61)46-32(5)41(54-62)30(3)24-50(10,65-28-29(2)27-64-46)45(33(6)43(34(7)47(60)68-39)69-40-25-49(9,63-13)44(59)35(8)67-40)70-48-42(58)38(23-31(4)66-48)56(12)21-18-37-26-57(55-53-37)22-17-36-15-19-52-20-16-36/h15-16,19-20,26,30-35,38-40,42-46,48,58-59,61-62H,2,14,17-18,21-25,27-28H2,1,3-13H3/b54-41+/t30-,31-,32+,33+,34-,35+,38+,39-,40+,42-,43+,44+,45-,46-,48+,49-,50-,51-/m1/s1. The summed E-state index contributed by atoms with van der Waals surface area (Å²) in [5.74, 6) is -3.62. The molecule has 19 heteroatoms. The van der Waals surface area contributed by atoms with Crippen LogP contribution >= 0.6 is 0 Å². The average molecular weight is 987 g/mol. The summed E-state index contributed by atoms with van der Waals surface area (Å²) in [4.78, 5) is 20.9. The van der Waals surface area contributed by atoms with Crippen LogP contribution in [-0.4, -0.2) is 175 Å². The highest BCUT2D eigenvalue weighted by Gasteiger charge is 2.55. The van der Waals surface area contributed by atoms with Crippen molar-refractivity contribution in [2.45, 2.75) is 199 Å². The molecule has 0 amide bonds. The number of aliphatic hydroxyl groups excluding tert-OH is 2. The second-order valence-electron chi connectivity index (χ2n) is 21.2. The Bertz CT molecular complexity index is 2040. The molecule has 0 unspecified atom stereocenters. The Labute approximate surface area is 414 Å². The van der Waals surface area contributed by atoms with Gasteiger partial charge in [0.05, 0.1) is 72.3 Å². The van der Waals surface area contributed by atoms with E-state index in [1.54, 1.807) is 40.1 Å². The highest BCUT2D eigenvalue weighted by Crippen LogP contribution is 2.43. The van der Waals surface area contributed by atoms with Crippen LogP contribution in [0.2, 0.25) is 0 Å². The fourth-order valence-electron chi connectivity index (χ4n) is 11.3. The van der Waals surface area contributed by atoms with Crippen LogP contribution in [0.1, 0.15) is 106 Å². The molecule has 0 radical (unpaired) electrons. The maximum Gasteiger partial charge on any atom is 0.311 e. The number of carbonyl (C=O) groups is 1. The number of pyridine rings is 1. The summed E-state index contributed by atoms with van der Waals surface area (Å²) in [5, 5.41) is 59.5. The lowest BCUT2D eigenvalue weighted by molar-refractivity contribution is -0.320. The number of rotatable bonds is 13. The van der Waals surface area contributed by atoms with Gasteiger partial charge in [-0.05, 0) is 97.5 Å². The fraction of sp³-hybridized carbons (Fsp3) is 0.784. The molecule has 19 nitrogen and oxygen atoms in total. The molecule has 0 aliphatic carbocycles. The van der Waals surface area contributed by atoms with E-state index < -0.39 is 108 Å². The van der Waals surface area contributed by atoms with Crippen LogP contribution in [0.25, 0.3) is 0 Å². The highest BCUT2D eigenvalue weighted by molar-refractivity contribution is 5.88. The van der Waals surface area contributed by atoms with Crippen molar-refractivity contribution in [1.29, 1.82) is 0 Å². The van der Waals surface area contributed by atoms with Crippen molar-refractivity contribution in [2.75, 3.05) is 33.9 Å². The van der Waals surface area contributed by atoms with Gasteiger partial charge in [-0.15, -0.1) is 5.10 Å². The molecule has 70 heavy (non-hydrogen) atoms. The molecule has 18 atom stereocenters. The Morgan fingerprint density at radius 3 is 2.39 bits per heavy atom. The Balaban J connectivity index is 1.37. The normalized spacial score (nSPS) is 41.1. The Kier molecular flexibility index (Phi) is 18.8. The summed E-state index contributed by atoms with van der Waals surface area (Å²) in [6.07, 6.45) is -1.52.